The molecule has 0 bridgehead atoms. The van der Waals surface area contributed by atoms with E-state index in [0.29, 0.717) is 35.3 Å². The zero-order valence-corrected chi connectivity index (χ0v) is 32.8. The first-order chi connectivity index (χ1) is 23.9. The van der Waals surface area contributed by atoms with Crippen LogP contribution in [0.25, 0.3) is 0 Å². The van der Waals surface area contributed by atoms with Crippen molar-refractivity contribution in [1.82, 2.24) is 4.90 Å². The van der Waals surface area contributed by atoms with Gasteiger partial charge in [0.2, 0.25) is 0 Å². The lowest BCUT2D eigenvalue weighted by molar-refractivity contribution is -0.255. The summed E-state index contributed by atoms with van der Waals surface area (Å²) < 4.78 is 36.9. The van der Waals surface area contributed by atoms with E-state index in [2.05, 4.69) is 39.5 Å². The molecule has 8 rings (SSSR count). The maximum atomic E-state index is 12.3. The molecular weight excluding hydrogens is 648 g/mol. The molecule has 0 aromatic carbocycles. The second-order valence-corrected chi connectivity index (χ2v) is 20.1. The first kappa shape index (κ1) is 37.1. The van der Waals surface area contributed by atoms with E-state index in [1.165, 1.54) is 38.5 Å². The third-order valence-electron chi connectivity index (χ3n) is 17.0. The molecule has 51 heavy (non-hydrogen) atoms. The number of fused-ring (bicyclic) bond motifs is 4. The largest absolute Gasteiger partial charge is 0.464 e. The second-order valence-electron chi connectivity index (χ2n) is 20.1. The van der Waals surface area contributed by atoms with Crippen LogP contribution in [0.2, 0.25) is 0 Å². The molecule has 0 aromatic heterocycles. The van der Waals surface area contributed by atoms with E-state index in [0.717, 1.165) is 52.2 Å². The van der Waals surface area contributed by atoms with Crippen molar-refractivity contribution in [2.45, 2.75) is 155 Å². The number of carbonyl (C=O) groups is 1. The number of rotatable bonds is 9. The minimum Gasteiger partial charge on any atom is -0.464 e. The Morgan fingerprint density at radius 3 is 2.43 bits per heavy atom. The van der Waals surface area contributed by atoms with Gasteiger partial charge in [-0.05, 0) is 123 Å². The van der Waals surface area contributed by atoms with Crippen LogP contribution in [0.1, 0.15) is 113 Å². The van der Waals surface area contributed by atoms with Gasteiger partial charge in [0.05, 0.1) is 56.8 Å². The SMILES string of the molecule is CCOC(=O)COC([C@H]1C[C@@H](C)C2C3(C)CCC45CC46CCC(OC4CN(C7COC7)CCO4)C(C)(C)C6CCC5[C@]3(C)C[C@@]2(N)O1)C(C)(C)O. The minimum absolute atomic E-state index is 0.0421. The Kier molecular flexibility index (Phi) is 8.96. The molecule has 5 saturated carbocycles. The van der Waals surface area contributed by atoms with Crippen LogP contribution in [-0.4, -0.2) is 104 Å². The van der Waals surface area contributed by atoms with Gasteiger partial charge in [0.15, 0.2) is 6.29 Å². The van der Waals surface area contributed by atoms with Gasteiger partial charge in [-0.1, -0.05) is 34.6 Å². The molecule has 8 fully saturated rings. The number of hydrogen-bond donors (Lipinski definition) is 2. The summed E-state index contributed by atoms with van der Waals surface area (Å²) in [5.74, 6) is 1.33. The van der Waals surface area contributed by atoms with E-state index >= 15 is 0 Å². The van der Waals surface area contributed by atoms with Crippen molar-refractivity contribution in [3.8, 4) is 0 Å². The number of nitrogens with two attached hydrogens (primary N) is 1. The van der Waals surface area contributed by atoms with E-state index in [1.807, 2.05) is 0 Å². The highest BCUT2D eigenvalue weighted by Crippen LogP contribution is 2.89. The highest BCUT2D eigenvalue weighted by atomic mass is 16.7. The Balaban J connectivity index is 1.00. The molecule has 3 aliphatic heterocycles. The summed E-state index contributed by atoms with van der Waals surface area (Å²) in [4.78, 5) is 14.8. The average Bonchev–Trinajstić information content (AvgIpc) is 3.62. The third-order valence-corrected chi connectivity index (χ3v) is 17.0. The number of morpholine rings is 1. The fourth-order valence-electron chi connectivity index (χ4n) is 14.9. The summed E-state index contributed by atoms with van der Waals surface area (Å²) >= 11 is 0. The fourth-order valence-corrected chi connectivity index (χ4v) is 14.9. The van der Waals surface area contributed by atoms with E-state index in [-0.39, 0.29) is 47.1 Å². The zero-order valence-electron chi connectivity index (χ0n) is 32.8. The van der Waals surface area contributed by atoms with Crippen molar-refractivity contribution >= 4 is 5.97 Å². The van der Waals surface area contributed by atoms with Crippen molar-refractivity contribution in [2.24, 2.45) is 56.5 Å². The van der Waals surface area contributed by atoms with Gasteiger partial charge in [-0.25, -0.2) is 4.79 Å². The molecule has 9 unspecified atom stereocenters. The Bertz CT molecular complexity index is 1350. The fraction of sp³-hybridized carbons (Fsp3) is 0.976. The van der Waals surface area contributed by atoms with Crippen LogP contribution in [-0.2, 0) is 33.2 Å². The lowest BCUT2D eigenvalue weighted by Gasteiger charge is -2.63. The van der Waals surface area contributed by atoms with Gasteiger partial charge in [0.1, 0.15) is 18.4 Å². The Morgan fingerprint density at radius 2 is 1.75 bits per heavy atom. The smallest absolute Gasteiger partial charge is 0.332 e. The Hall–Kier alpha value is -0.850. The van der Waals surface area contributed by atoms with Crippen molar-refractivity contribution in [3.05, 3.63) is 0 Å². The first-order valence-electron chi connectivity index (χ1n) is 20.5. The molecule has 10 nitrogen and oxygen atoms in total. The second kappa shape index (κ2) is 12.3. The molecule has 0 radical (unpaired) electrons. The number of aliphatic hydroxyl groups is 1. The van der Waals surface area contributed by atoms with Crippen molar-refractivity contribution < 1.29 is 38.3 Å². The van der Waals surface area contributed by atoms with Gasteiger partial charge in [0.25, 0.3) is 0 Å². The summed E-state index contributed by atoms with van der Waals surface area (Å²) in [5, 5.41) is 11.3. The molecule has 290 valence electrons. The molecule has 3 heterocycles. The van der Waals surface area contributed by atoms with Gasteiger partial charge in [-0.2, -0.15) is 0 Å². The summed E-state index contributed by atoms with van der Waals surface area (Å²) in [5.41, 5.74) is 6.45. The normalized spacial score (nSPS) is 49.7. The van der Waals surface area contributed by atoms with Gasteiger partial charge in [0, 0.05) is 12.5 Å². The molecule has 3 N–H and O–H groups in total. The van der Waals surface area contributed by atoms with Crippen LogP contribution in [0.5, 0.6) is 0 Å². The minimum atomic E-state index is -1.22. The van der Waals surface area contributed by atoms with Crippen molar-refractivity contribution in [2.75, 3.05) is 46.1 Å². The summed E-state index contributed by atoms with van der Waals surface area (Å²) in [6, 6.07) is 0.515. The summed E-state index contributed by atoms with van der Waals surface area (Å²) in [7, 11) is 0. The van der Waals surface area contributed by atoms with Crippen LogP contribution >= 0.6 is 0 Å². The quantitative estimate of drug-likeness (QED) is 0.305. The van der Waals surface area contributed by atoms with Crippen LogP contribution in [0.4, 0.5) is 0 Å². The van der Waals surface area contributed by atoms with E-state index in [4.69, 9.17) is 34.2 Å². The lowest BCUT2D eigenvalue weighted by atomic mass is 9.41. The zero-order chi connectivity index (χ0) is 36.4. The predicted octanol–water partition coefficient (Wildman–Crippen LogP) is 5.28. The monoisotopic (exact) mass is 716 g/mol. The third kappa shape index (κ3) is 5.41. The summed E-state index contributed by atoms with van der Waals surface area (Å²) in [6.07, 6.45) is 9.13. The highest BCUT2D eigenvalue weighted by Gasteiger charge is 2.84. The van der Waals surface area contributed by atoms with Gasteiger partial charge >= 0.3 is 5.97 Å². The standard InChI is InChI=1S/C41H68N2O8/c1-9-47-31(44)22-49-34(36(5,6)45)27-18-25(2)33-37(7)14-15-40-24-39(40)13-12-30(50-32-19-43(16-17-48-32)26-20-46-21-26)35(3,4)28(39)10-11-29(40)38(37,8)23-41(33,42)51-27/h25-30,32-34,45H,9-24,42H2,1-8H3/t25-,27-,28?,29?,30?,32?,33?,34?,37?,38+,39?,40?,41-/m1/s1. The van der Waals surface area contributed by atoms with Crippen LogP contribution in [0.15, 0.2) is 0 Å². The molecule has 10 heteroatoms. The van der Waals surface area contributed by atoms with E-state index in [1.54, 1.807) is 20.8 Å². The van der Waals surface area contributed by atoms with E-state index < -0.39 is 29.5 Å². The molecule has 2 spiro atoms. The van der Waals surface area contributed by atoms with Gasteiger partial charge < -0.3 is 39.3 Å². The number of nitrogens with zero attached hydrogens (tertiary/aromatic N) is 1. The van der Waals surface area contributed by atoms with Crippen molar-refractivity contribution in [3.63, 3.8) is 0 Å². The molecule has 13 atom stereocenters. The Labute approximate surface area is 306 Å². The van der Waals surface area contributed by atoms with Crippen molar-refractivity contribution in [1.29, 1.82) is 0 Å². The molecule has 0 amide bonds. The lowest BCUT2D eigenvalue weighted by Crippen LogP contribution is -2.62. The predicted molar refractivity (Wildman–Crippen MR) is 191 cm³/mol. The van der Waals surface area contributed by atoms with Gasteiger partial charge in [-0.15, -0.1) is 0 Å². The highest BCUT2D eigenvalue weighted by molar-refractivity contribution is 5.70. The Morgan fingerprint density at radius 1 is 1.02 bits per heavy atom. The maximum Gasteiger partial charge on any atom is 0.332 e. The van der Waals surface area contributed by atoms with Gasteiger partial charge in [-0.3, -0.25) is 4.90 Å². The van der Waals surface area contributed by atoms with Crippen LogP contribution in [0, 0.1) is 50.7 Å². The summed E-state index contributed by atoms with van der Waals surface area (Å²) in [6.45, 7) is 22.0. The van der Waals surface area contributed by atoms with Crippen LogP contribution in [0.3, 0.4) is 0 Å². The molecule has 0 aromatic rings. The topological polar surface area (TPSA) is 122 Å². The molecular formula is C41H68N2O8. The molecule has 8 aliphatic rings. The number of carbonyl (C=O) groups excluding carboxylic acids is 1. The van der Waals surface area contributed by atoms with E-state index in [9.17, 15) is 9.90 Å². The first-order valence-corrected chi connectivity index (χ1v) is 20.5. The number of hydrogen-bond acceptors (Lipinski definition) is 10. The number of ether oxygens (including phenoxy) is 6. The number of esters is 1. The molecule has 5 aliphatic carbocycles. The van der Waals surface area contributed by atoms with Crippen LogP contribution < -0.4 is 5.73 Å². The average molecular weight is 717 g/mol. The molecule has 3 saturated heterocycles. The maximum absolute atomic E-state index is 12.3.